The highest BCUT2D eigenvalue weighted by molar-refractivity contribution is 5.92. The summed E-state index contributed by atoms with van der Waals surface area (Å²) in [6.07, 6.45) is 0. The molecule has 0 saturated carbocycles. The second-order valence-corrected chi connectivity index (χ2v) is 3.85. The van der Waals surface area contributed by atoms with E-state index >= 15 is 0 Å². The number of carbonyl (C=O) groups is 1. The third-order valence-electron chi connectivity index (χ3n) is 2.47. The zero-order chi connectivity index (χ0) is 14.9. The Morgan fingerprint density at radius 1 is 1.10 bits per heavy atom. The van der Waals surface area contributed by atoms with E-state index in [9.17, 15) is 18.0 Å². The van der Waals surface area contributed by atoms with Gasteiger partial charge < -0.3 is 16.8 Å². The topological polar surface area (TPSA) is 94.0 Å². The van der Waals surface area contributed by atoms with Gasteiger partial charge in [0.1, 0.15) is 5.69 Å². The van der Waals surface area contributed by atoms with Crippen LogP contribution in [-0.2, 0) is 0 Å². The first-order valence-corrected chi connectivity index (χ1v) is 5.37. The number of amides is 1. The molecule has 8 heteroatoms. The molecule has 0 aliphatic rings. The van der Waals surface area contributed by atoms with E-state index in [4.69, 9.17) is 11.5 Å². The Balaban J connectivity index is 2.42. The molecule has 0 aliphatic carbocycles. The zero-order valence-corrected chi connectivity index (χ0v) is 9.95. The first kappa shape index (κ1) is 13.7. The molecule has 0 fully saturated rings. The van der Waals surface area contributed by atoms with Crippen LogP contribution < -0.4 is 16.8 Å². The van der Waals surface area contributed by atoms with Crippen molar-refractivity contribution in [2.24, 2.45) is 5.73 Å². The predicted molar refractivity (Wildman–Crippen MR) is 66.8 cm³/mol. The van der Waals surface area contributed by atoms with Gasteiger partial charge in [0.15, 0.2) is 23.3 Å². The summed E-state index contributed by atoms with van der Waals surface area (Å²) >= 11 is 0. The van der Waals surface area contributed by atoms with Crippen molar-refractivity contribution in [1.29, 1.82) is 0 Å². The van der Waals surface area contributed by atoms with E-state index in [0.717, 1.165) is 12.1 Å². The van der Waals surface area contributed by atoms with Gasteiger partial charge in [-0.25, -0.2) is 18.2 Å². The van der Waals surface area contributed by atoms with Crippen molar-refractivity contribution >= 4 is 23.1 Å². The van der Waals surface area contributed by atoms with Crippen LogP contribution in [0.2, 0.25) is 0 Å². The van der Waals surface area contributed by atoms with E-state index in [2.05, 4.69) is 10.3 Å². The van der Waals surface area contributed by atoms with Gasteiger partial charge in [-0.1, -0.05) is 0 Å². The molecule has 1 aromatic carbocycles. The summed E-state index contributed by atoms with van der Waals surface area (Å²) in [6, 6.07) is 4.33. The van der Waals surface area contributed by atoms with Crippen LogP contribution in [0.15, 0.2) is 24.3 Å². The number of primary amides is 1. The summed E-state index contributed by atoms with van der Waals surface area (Å²) in [5, 5.41) is 2.38. The second-order valence-electron chi connectivity index (χ2n) is 3.85. The Kier molecular flexibility index (Phi) is 3.47. The number of nitrogens with two attached hydrogens (primary N) is 2. The number of nitrogens with zero attached hydrogens (tertiary/aromatic N) is 1. The first-order chi connectivity index (χ1) is 9.40. The van der Waals surface area contributed by atoms with Crippen molar-refractivity contribution in [1.82, 2.24) is 4.98 Å². The van der Waals surface area contributed by atoms with E-state index in [1.54, 1.807) is 0 Å². The number of hydrogen-bond donors (Lipinski definition) is 3. The van der Waals surface area contributed by atoms with Gasteiger partial charge in [-0.15, -0.1) is 0 Å². The number of pyridine rings is 1. The summed E-state index contributed by atoms with van der Waals surface area (Å²) in [5.41, 5.74) is 10.2. The molecule has 0 unspecified atom stereocenters. The summed E-state index contributed by atoms with van der Waals surface area (Å²) < 4.78 is 39.4. The van der Waals surface area contributed by atoms with E-state index in [-0.39, 0.29) is 22.9 Å². The predicted octanol–water partition coefficient (Wildman–Crippen LogP) is 1.92. The molecule has 5 nitrogen and oxygen atoms in total. The first-order valence-electron chi connectivity index (χ1n) is 5.37. The van der Waals surface area contributed by atoms with Gasteiger partial charge in [0.25, 0.3) is 5.91 Å². The summed E-state index contributed by atoms with van der Waals surface area (Å²) in [5.74, 6) is -5.26. The number of rotatable bonds is 3. The van der Waals surface area contributed by atoms with Gasteiger partial charge in [-0.2, -0.15) is 0 Å². The van der Waals surface area contributed by atoms with Crippen molar-refractivity contribution in [3.8, 4) is 0 Å². The Morgan fingerprint density at radius 3 is 2.45 bits per heavy atom. The van der Waals surface area contributed by atoms with Gasteiger partial charge in [-0.3, -0.25) is 4.79 Å². The number of hydrogen-bond acceptors (Lipinski definition) is 4. The third kappa shape index (κ3) is 2.48. The molecule has 1 heterocycles. The third-order valence-corrected chi connectivity index (χ3v) is 2.47. The fraction of sp³-hybridized carbons (Fsp3) is 0. The van der Waals surface area contributed by atoms with Crippen molar-refractivity contribution < 1.29 is 18.0 Å². The monoisotopic (exact) mass is 282 g/mol. The van der Waals surface area contributed by atoms with Crippen LogP contribution in [0.25, 0.3) is 0 Å². The van der Waals surface area contributed by atoms with Crippen LogP contribution in [0.5, 0.6) is 0 Å². The van der Waals surface area contributed by atoms with Gasteiger partial charge in [0.2, 0.25) is 0 Å². The lowest BCUT2D eigenvalue weighted by atomic mass is 10.2. The number of aromatic nitrogens is 1. The molecule has 5 N–H and O–H groups in total. The van der Waals surface area contributed by atoms with Crippen molar-refractivity contribution in [3.63, 3.8) is 0 Å². The Labute approximate surface area is 111 Å². The molecule has 20 heavy (non-hydrogen) atoms. The maximum Gasteiger partial charge on any atom is 0.267 e. The highest BCUT2D eigenvalue weighted by Crippen LogP contribution is 2.25. The SMILES string of the molecule is NC(=O)c1ccc(N)c(Nc2ccc(F)c(F)c2F)n1. The van der Waals surface area contributed by atoms with E-state index in [1.165, 1.54) is 12.1 Å². The summed E-state index contributed by atoms with van der Waals surface area (Å²) in [7, 11) is 0. The van der Waals surface area contributed by atoms with Crippen molar-refractivity contribution in [2.75, 3.05) is 11.1 Å². The largest absolute Gasteiger partial charge is 0.396 e. The Bertz CT molecular complexity index is 691. The molecule has 0 aliphatic heterocycles. The number of halogens is 3. The minimum atomic E-state index is -1.63. The number of carbonyl (C=O) groups excluding carboxylic acids is 1. The lowest BCUT2D eigenvalue weighted by molar-refractivity contribution is 0.0996. The molecule has 0 bridgehead atoms. The van der Waals surface area contributed by atoms with E-state index in [0.29, 0.717) is 0 Å². The minimum absolute atomic E-state index is 0.0825. The van der Waals surface area contributed by atoms with Crippen LogP contribution in [0.3, 0.4) is 0 Å². The van der Waals surface area contributed by atoms with Crippen LogP contribution in [0.4, 0.5) is 30.4 Å². The average molecular weight is 282 g/mol. The molecule has 0 saturated heterocycles. The quantitative estimate of drug-likeness (QED) is 0.750. The molecule has 104 valence electrons. The van der Waals surface area contributed by atoms with E-state index < -0.39 is 23.4 Å². The van der Waals surface area contributed by atoms with Crippen molar-refractivity contribution in [3.05, 3.63) is 47.4 Å². The average Bonchev–Trinajstić information content (AvgIpc) is 2.41. The zero-order valence-electron chi connectivity index (χ0n) is 9.95. The number of nitrogen functional groups attached to an aromatic ring is 1. The van der Waals surface area contributed by atoms with Gasteiger partial charge >= 0.3 is 0 Å². The Morgan fingerprint density at radius 2 is 1.80 bits per heavy atom. The van der Waals surface area contributed by atoms with Crippen LogP contribution in [0, 0.1) is 17.5 Å². The highest BCUT2D eigenvalue weighted by Gasteiger charge is 2.15. The summed E-state index contributed by atoms with van der Waals surface area (Å²) in [6.45, 7) is 0. The van der Waals surface area contributed by atoms with Crippen LogP contribution >= 0.6 is 0 Å². The number of nitrogens with one attached hydrogen (secondary N) is 1. The van der Waals surface area contributed by atoms with Gasteiger partial charge in [0.05, 0.1) is 11.4 Å². The van der Waals surface area contributed by atoms with E-state index in [1.807, 2.05) is 0 Å². The molecular formula is C12H9F3N4O. The molecule has 0 spiro atoms. The standard InChI is InChI=1S/C12H9F3N4O/c13-5-1-3-7(10(15)9(5)14)18-12-6(16)2-4-8(19-12)11(17)20/h1-4H,16H2,(H2,17,20)(H,18,19). The molecular weight excluding hydrogens is 273 g/mol. The molecule has 0 atom stereocenters. The molecule has 1 amide bonds. The van der Waals surface area contributed by atoms with Crippen LogP contribution in [-0.4, -0.2) is 10.9 Å². The Hall–Kier alpha value is -2.77. The van der Waals surface area contributed by atoms with Gasteiger partial charge in [-0.05, 0) is 24.3 Å². The lowest BCUT2D eigenvalue weighted by Crippen LogP contribution is -2.14. The molecule has 0 radical (unpaired) electrons. The van der Waals surface area contributed by atoms with Crippen molar-refractivity contribution in [2.45, 2.75) is 0 Å². The molecule has 2 aromatic rings. The lowest BCUT2D eigenvalue weighted by Gasteiger charge is -2.10. The normalized spacial score (nSPS) is 10.3. The maximum absolute atomic E-state index is 13.5. The minimum Gasteiger partial charge on any atom is -0.396 e. The molecule has 2 rings (SSSR count). The number of benzene rings is 1. The smallest absolute Gasteiger partial charge is 0.267 e. The highest BCUT2D eigenvalue weighted by atomic mass is 19.2. The molecule has 1 aromatic heterocycles. The summed E-state index contributed by atoms with van der Waals surface area (Å²) in [4.78, 5) is 14.8. The van der Waals surface area contributed by atoms with Crippen LogP contribution in [0.1, 0.15) is 10.5 Å². The fourth-order valence-electron chi connectivity index (χ4n) is 1.46. The maximum atomic E-state index is 13.5. The van der Waals surface area contributed by atoms with Gasteiger partial charge in [0, 0.05) is 0 Å². The number of anilines is 3. The fourth-order valence-corrected chi connectivity index (χ4v) is 1.46. The second kappa shape index (κ2) is 5.08.